The predicted octanol–water partition coefficient (Wildman–Crippen LogP) is 1.50. The van der Waals surface area contributed by atoms with E-state index in [1.807, 2.05) is 20.8 Å². The first-order valence-electron chi connectivity index (χ1n) is 8.79. The Kier molecular flexibility index (Phi) is 6.52. The van der Waals surface area contributed by atoms with E-state index >= 15 is 0 Å². The maximum atomic E-state index is 12.5. The molecule has 0 aromatic heterocycles. The van der Waals surface area contributed by atoms with Gasteiger partial charge in [0.1, 0.15) is 13.2 Å². The largest absolute Gasteiger partial charge is 0.486 e. The molecule has 1 atom stereocenters. The molecule has 1 amide bonds. The number of ether oxygens (including phenoxy) is 2. The molecule has 1 heterocycles. The van der Waals surface area contributed by atoms with Crippen LogP contribution in [-0.4, -0.2) is 45.4 Å². The van der Waals surface area contributed by atoms with Gasteiger partial charge in [0.15, 0.2) is 21.3 Å². The minimum absolute atomic E-state index is 0.121. The Morgan fingerprint density at radius 2 is 1.92 bits per heavy atom. The van der Waals surface area contributed by atoms with E-state index in [2.05, 4.69) is 5.32 Å². The smallest absolute Gasteiger partial charge is 0.221 e. The molecule has 7 nitrogen and oxygen atoms in total. The number of rotatable bonds is 8. The van der Waals surface area contributed by atoms with Crippen molar-refractivity contribution in [2.75, 3.05) is 25.5 Å². The Morgan fingerprint density at radius 1 is 1.27 bits per heavy atom. The van der Waals surface area contributed by atoms with Crippen molar-refractivity contribution in [2.24, 2.45) is 11.7 Å². The standard InChI is InChI=1S/C18H28N2O5S/c1-13(2)11-18(3,12-19)20-17(21)6-9-26(22,23)14-4-5-15-16(10-14)25-8-7-24-15/h4-5,10,13H,6-9,11-12,19H2,1-3H3,(H,20,21). The maximum absolute atomic E-state index is 12.5. The molecule has 1 aliphatic heterocycles. The third-order valence-corrected chi connectivity index (χ3v) is 5.93. The van der Waals surface area contributed by atoms with Gasteiger partial charge in [-0.1, -0.05) is 13.8 Å². The molecule has 8 heteroatoms. The second-order valence-corrected chi connectivity index (χ2v) is 9.39. The summed E-state index contributed by atoms with van der Waals surface area (Å²) in [5.74, 6) is 0.709. The summed E-state index contributed by atoms with van der Waals surface area (Å²) in [7, 11) is -3.60. The van der Waals surface area contributed by atoms with E-state index in [4.69, 9.17) is 15.2 Å². The zero-order valence-electron chi connectivity index (χ0n) is 15.6. The van der Waals surface area contributed by atoms with Gasteiger partial charge < -0.3 is 20.5 Å². The van der Waals surface area contributed by atoms with Gasteiger partial charge in [0, 0.05) is 24.6 Å². The van der Waals surface area contributed by atoms with Crippen LogP contribution in [0.2, 0.25) is 0 Å². The van der Waals surface area contributed by atoms with E-state index in [1.54, 1.807) is 6.07 Å². The summed E-state index contributed by atoms with van der Waals surface area (Å²) in [5, 5.41) is 2.88. The van der Waals surface area contributed by atoms with E-state index in [9.17, 15) is 13.2 Å². The number of hydrogen-bond acceptors (Lipinski definition) is 6. The van der Waals surface area contributed by atoms with Crippen LogP contribution in [-0.2, 0) is 14.6 Å². The molecule has 0 saturated carbocycles. The summed E-state index contributed by atoms with van der Waals surface area (Å²) in [6.45, 7) is 7.09. The first kappa shape index (κ1) is 20.5. The van der Waals surface area contributed by atoms with E-state index in [0.29, 0.717) is 37.2 Å². The van der Waals surface area contributed by atoms with Crippen LogP contribution in [0.15, 0.2) is 23.1 Å². The van der Waals surface area contributed by atoms with Crippen molar-refractivity contribution in [3.05, 3.63) is 18.2 Å². The number of sulfone groups is 1. The van der Waals surface area contributed by atoms with Gasteiger partial charge in [0.05, 0.1) is 10.6 Å². The van der Waals surface area contributed by atoms with E-state index in [1.165, 1.54) is 12.1 Å². The first-order valence-corrected chi connectivity index (χ1v) is 10.4. The third-order valence-electron chi connectivity index (χ3n) is 4.22. The summed E-state index contributed by atoms with van der Waals surface area (Å²) in [6.07, 6.45) is 0.606. The minimum Gasteiger partial charge on any atom is -0.486 e. The molecule has 0 aliphatic carbocycles. The zero-order chi connectivity index (χ0) is 19.4. The van der Waals surface area contributed by atoms with Crippen LogP contribution in [0.1, 0.15) is 33.6 Å². The second-order valence-electron chi connectivity index (χ2n) is 7.29. The molecule has 146 valence electrons. The molecule has 0 fully saturated rings. The number of hydrogen-bond donors (Lipinski definition) is 2. The SMILES string of the molecule is CC(C)CC(C)(CN)NC(=O)CCS(=O)(=O)c1ccc2c(c1)OCCO2. The molecule has 1 unspecified atom stereocenters. The molecule has 1 aliphatic rings. The number of amides is 1. The average molecular weight is 384 g/mol. The van der Waals surface area contributed by atoms with Crippen molar-refractivity contribution in [1.29, 1.82) is 0 Å². The fraction of sp³-hybridized carbons (Fsp3) is 0.611. The van der Waals surface area contributed by atoms with Crippen LogP contribution in [0.25, 0.3) is 0 Å². The number of carbonyl (C=O) groups is 1. The molecule has 26 heavy (non-hydrogen) atoms. The van der Waals surface area contributed by atoms with Crippen molar-refractivity contribution in [1.82, 2.24) is 5.32 Å². The van der Waals surface area contributed by atoms with Crippen molar-refractivity contribution < 1.29 is 22.7 Å². The van der Waals surface area contributed by atoms with E-state index < -0.39 is 15.4 Å². The van der Waals surface area contributed by atoms with E-state index in [-0.39, 0.29) is 23.0 Å². The Hall–Kier alpha value is -1.80. The quantitative estimate of drug-likeness (QED) is 0.703. The van der Waals surface area contributed by atoms with Crippen molar-refractivity contribution in [3.63, 3.8) is 0 Å². The van der Waals surface area contributed by atoms with Crippen LogP contribution in [0.5, 0.6) is 11.5 Å². The zero-order valence-corrected chi connectivity index (χ0v) is 16.4. The average Bonchev–Trinajstić information content (AvgIpc) is 2.59. The summed E-state index contributed by atoms with van der Waals surface area (Å²) >= 11 is 0. The highest BCUT2D eigenvalue weighted by Crippen LogP contribution is 2.32. The van der Waals surface area contributed by atoms with Gasteiger partial charge in [-0.05, 0) is 31.4 Å². The molecule has 0 radical (unpaired) electrons. The van der Waals surface area contributed by atoms with Gasteiger partial charge in [-0.2, -0.15) is 0 Å². The lowest BCUT2D eigenvalue weighted by atomic mass is 9.90. The summed E-state index contributed by atoms with van der Waals surface area (Å²) in [5.41, 5.74) is 5.25. The fourth-order valence-corrected chi connectivity index (χ4v) is 4.30. The lowest BCUT2D eigenvalue weighted by Crippen LogP contribution is -2.52. The number of benzene rings is 1. The summed E-state index contributed by atoms with van der Waals surface area (Å²) in [6, 6.07) is 4.50. The highest BCUT2D eigenvalue weighted by molar-refractivity contribution is 7.91. The van der Waals surface area contributed by atoms with Crippen molar-refractivity contribution >= 4 is 15.7 Å². The van der Waals surface area contributed by atoms with E-state index in [0.717, 1.165) is 6.42 Å². The fourth-order valence-electron chi connectivity index (χ4n) is 3.05. The first-order chi connectivity index (χ1) is 12.1. The van der Waals surface area contributed by atoms with Gasteiger partial charge >= 0.3 is 0 Å². The van der Waals surface area contributed by atoms with Crippen LogP contribution in [0, 0.1) is 5.92 Å². The van der Waals surface area contributed by atoms with Crippen molar-refractivity contribution in [3.8, 4) is 11.5 Å². The molecule has 3 N–H and O–H groups in total. The van der Waals surface area contributed by atoms with Gasteiger partial charge in [-0.15, -0.1) is 0 Å². The molecule has 1 aromatic rings. The highest BCUT2D eigenvalue weighted by atomic mass is 32.2. The Morgan fingerprint density at radius 3 is 2.54 bits per heavy atom. The molecule has 0 bridgehead atoms. The molecule has 2 rings (SSSR count). The number of fused-ring (bicyclic) bond motifs is 1. The van der Waals surface area contributed by atoms with Crippen LogP contribution in [0.4, 0.5) is 0 Å². The Labute approximate surface area is 155 Å². The summed E-state index contributed by atoms with van der Waals surface area (Å²) in [4.78, 5) is 12.4. The highest BCUT2D eigenvalue weighted by Gasteiger charge is 2.27. The number of nitrogens with two attached hydrogens (primary N) is 1. The molecule has 1 aromatic carbocycles. The number of carbonyl (C=O) groups excluding carboxylic acids is 1. The summed E-state index contributed by atoms with van der Waals surface area (Å²) < 4.78 is 35.9. The minimum atomic E-state index is -3.60. The monoisotopic (exact) mass is 384 g/mol. The normalized spacial score (nSPS) is 16.2. The van der Waals surface area contributed by atoms with Crippen LogP contribution in [0.3, 0.4) is 0 Å². The maximum Gasteiger partial charge on any atom is 0.221 e. The number of nitrogens with one attached hydrogen (secondary N) is 1. The molecule has 0 saturated heterocycles. The van der Waals surface area contributed by atoms with Crippen LogP contribution >= 0.6 is 0 Å². The van der Waals surface area contributed by atoms with Gasteiger partial charge in [0.2, 0.25) is 5.91 Å². The van der Waals surface area contributed by atoms with Gasteiger partial charge in [-0.25, -0.2) is 8.42 Å². The Bertz CT molecular complexity index is 748. The van der Waals surface area contributed by atoms with Gasteiger partial charge in [-0.3, -0.25) is 4.79 Å². The lowest BCUT2D eigenvalue weighted by Gasteiger charge is -2.31. The predicted molar refractivity (Wildman–Crippen MR) is 99.2 cm³/mol. The van der Waals surface area contributed by atoms with Crippen molar-refractivity contribution in [2.45, 2.75) is 44.0 Å². The second kappa shape index (κ2) is 8.26. The molecule has 0 spiro atoms. The Balaban J connectivity index is 2.00. The van der Waals surface area contributed by atoms with Gasteiger partial charge in [0.25, 0.3) is 0 Å². The molecular formula is C18H28N2O5S. The van der Waals surface area contributed by atoms with Crippen LogP contribution < -0.4 is 20.5 Å². The third kappa shape index (κ3) is 5.35. The molecular weight excluding hydrogens is 356 g/mol. The lowest BCUT2D eigenvalue weighted by molar-refractivity contribution is -0.122. The topological polar surface area (TPSA) is 108 Å².